The molecule has 0 unspecified atom stereocenters. The van der Waals surface area contributed by atoms with E-state index in [4.69, 9.17) is 0 Å². The molecule has 21 heavy (non-hydrogen) atoms. The lowest BCUT2D eigenvalue weighted by Crippen LogP contribution is -2.41. The predicted octanol–water partition coefficient (Wildman–Crippen LogP) is 0.823. The number of pyridine rings is 1. The van der Waals surface area contributed by atoms with Crippen LogP contribution in [0.25, 0.3) is 0 Å². The van der Waals surface area contributed by atoms with Crippen molar-refractivity contribution in [3.63, 3.8) is 0 Å². The number of carbonyl (C=O) groups excluding carboxylic acids is 2. The minimum Gasteiger partial charge on any atom is -0.357 e. The second kappa shape index (κ2) is 7.06. The number of nitrogens with zero attached hydrogens (tertiary/aromatic N) is 2. The molecule has 6 heteroatoms. The number of aromatic nitrogens is 1. The lowest BCUT2D eigenvalue weighted by atomic mass is 10.2. The van der Waals surface area contributed by atoms with Gasteiger partial charge in [-0.05, 0) is 31.9 Å². The van der Waals surface area contributed by atoms with Gasteiger partial charge in [-0.3, -0.25) is 9.59 Å². The smallest absolute Gasteiger partial charge is 0.242 e. The molecule has 1 atom stereocenters. The van der Waals surface area contributed by atoms with E-state index < -0.39 is 0 Å². The summed E-state index contributed by atoms with van der Waals surface area (Å²) in [5, 5.41) is 5.49. The normalized spacial score (nSPS) is 17.4. The average molecular weight is 290 g/mol. The van der Waals surface area contributed by atoms with Crippen molar-refractivity contribution in [2.24, 2.45) is 0 Å². The first-order valence-electron chi connectivity index (χ1n) is 7.41. The molecular formula is C15H22N4O2. The van der Waals surface area contributed by atoms with Crippen LogP contribution in [0.2, 0.25) is 0 Å². The molecule has 1 aromatic rings. The molecule has 114 valence electrons. The molecule has 0 aromatic carbocycles. The average Bonchev–Trinajstić information content (AvgIpc) is 2.94. The number of hydrogen-bond acceptors (Lipinski definition) is 4. The van der Waals surface area contributed by atoms with Gasteiger partial charge in [-0.25, -0.2) is 4.98 Å². The van der Waals surface area contributed by atoms with Crippen LogP contribution in [0, 0.1) is 0 Å². The maximum absolute atomic E-state index is 11.9. The van der Waals surface area contributed by atoms with Gasteiger partial charge in [-0.2, -0.15) is 0 Å². The highest BCUT2D eigenvalue weighted by molar-refractivity contribution is 5.90. The molecule has 2 N–H and O–H groups in total. The Labute approximate surface area is 124 Å². The van der Waals surface area contributed by atoms with Crippen molar-refractivity contribution in [3.8, 4) is 0 Å². The fourth-order valence-electron chi connectivity index (χ4n) is 2.38. The Morgan fingerprint density at radius 2 is 2.19 bits per heavy atom. The lowest BCUT2D eigenvalue weighted by Gasteiger charge is -2.19. The molecule has 1 aliphatic heterocycles. The second-order valence-electron chi connectivity index (χ2n) is 5.07. The van der Waals surface area contributed by atoms with Crippen LogP contribution in [0.3, 0.4) is 0 Å². The molecule has 2 amide bonds. The minimum absolute atomic E-state index is 0.0552. The highest BCUT2D eigenvalue weighted by atomic mass is 16.2. The molecule has 2 rings (SSSR count). The third-order valence-electron chi connectivity index (χ3n) is 3.68. The Balaban J connectivity index is 1.86. The number of amides is 2. The third kappa shape index (κ3) is 3.93. The van der Waals surface area contributed by atoms with Crippen molar-refractivity contribution >= 4 is 17.6 Å². The van der Waals surface area contributed by atoms with Crippen LogP contribution in [0.4, 0.5) is 5.82 Å². The van der Waals surface area contributed by atoms with Crippen LogP contribution in [0.15, 0.2) is 18.3 Å². The van der Waals surface area contributed by atoms with Crippen LogP contribution >= 0.6 is 0 Å². The van der Waals surface area contributed by atoms with E-state index in [9.17, 15) is 9.59 Å². The first-order chi connectivity index (χ1) is 10.1. The van der Waals surface area contributed by atoms with E-state index in [1.807, 2.05) is 12.1 Å². The Morgan fingerprint density at radius 3 is 2.71 bits per heavy atom. The molecule has 1 fully saturated rings. The maximum atomic E-state index is 11.9. The predicted molar refractivity (Wildman–Crippen MR) is 80.8 cm³/mol. The summed E-state index contributed by atoms with van der Waals surface area (Å²) in [5.41, 5.74) is 0.948. The van der Waals surface area contributed by atoms with E-state index in [1.54, 1.807) is 6.20 Å². The van der Waals surface area contributed by atoms with E-state index in [0.717, 1.165) is 24.5 Å². The zero-order chi connectivity index (χ0) is 15.2. The van der Waals surface area contributed by atoms with Gasteiger partial charge in [0.15, 0.2) is 0 Å². The number of rotatable bonds is 6. The van der Waals surface area contributed by atoms with Crippen LogP contribution < -0.4 is 15.5 Å². The minimum atomic E-state index is -0.389. The van der Waals surface area contributed by atoms with Crippen LogP contribution in [-0.2, 0) is 16.1 Å². The molecular weight excluding hydrogens is 268 g/mol. The molecule has 0 radical (unpaired) electrons. The summed E-state index contributed by atoms with van der Waals surface area (Å²) in [6.45, 7) is 6.45. The first-order valence-corrected chi connectivity index (χ1v) is 7.41. The van der Waals surface area contributed by atoms with Crippen molar-refractivity contribution in [2.45, 2.75) is 39.3 Å². The van der Waals surface area contributed by atoms with Crippen LogP contribution in [0.1, 0.15) is 32.3 Å². The summed E-state index contributed by atoms with van der Waals surface area (Å²) in [4.78, 5) is 29.5. The van der Waals surface area contributed by atoms with Gasteiger partial charge in [0.2, 0.25) is 11.8 Å². The van der Waals surface area contributed by atoms with Gasteiger partial charge >= 0.3 is 0 Å². The van der Waals surface area contributed by atoms with E-state index in [0.29, 0.717) is 19.4 Å². The Kier molecular flexibility index (Phi) is 5.14. The molecule has 2 heterocycles. The molecule has 1 saturated heterocycles. The Morgan fingerprint density at radius 1 is 1.43 bits per heavy atom. The fraction of sp³-hybridized carbons (Fsp3) is 0.533. The zero-order valence-electron chi connectivity index (χ0n) is 12.6. The van der Waals surface area contributed by atoms with Gasteiger partial charge in [0.05, 0.1) is 0 Å². The summed E-state index contributed by atoms with van der Waals surface area (Å²) < 4.78 is 0. The first kappa shape index (κ1) is 15.3. The van der Waals surface area contributed by atoms with Crippen molar-refractivity contribution in [1.82, 2.24) is 15.6 Å². The van der Waals surface area contributed by atoms with Gasteiger partial charge in [-0.15, -0.1) is 0 Å². The quantitative estimate of drug-likeness (QED) is 0.813. The summed E-state index contributed by atoms with van der Waals surface area (Å²) in [6.07, 6.45) is 2.78. The molecule has 0 saturated carbocycles. The molecule has 0 bridgehead atoms. The van der Waals surface area contributed by atoms with Gasteiger partial charge in [0, 0.05) is 32.3 Å². The summed E-state index contributed by atoms with van der Waals surface area (Å²) >= 11 is 0. The molecule has 1 aromatic heterocycles. The monoisotopic (exact) mass is 290 g/mol. The number of nitrogens with one attached hydrogen (secondary N) is 2. The lowest BCUT2D eigenvalue weighted by molar-refractivity contribution is -0.125. The SMILES string of the molecule is CCN(CC)c1ccc(CNC(=O)[C@H]2CCC(=O)N2)cn1. The van der Waals surface area contributed by atoms with Gasteiger partial charge in [-0.1, -0.05) is 6.07 Å². The maximum Gasteiger partial charge on any atom is 0.242 e. The van der Waals surface area contributed by atoms with Gasteiger partial charge in [0.25, 0.3) is 0 Å². The number of carbonyl (C=O) groups is 2. The highest BCUT2D eigenvalue weighted by Gasteiger charge is 2.26. The third-order valence-corrected chi connectivity index (χ3v) is 3.68. The van der Waals surface area contributed by atoms with Crippen LogP contribution in [-0.4, -0.2) is 35.9 Å². The number of hydrogen-bond donors (Lipinski definition) is 2. The van der Waals surface area contributed by atoms with Crippen molar-refractivity contribution in [1.29, 1.82) is 0 Å². The molecule has 0 spiro atoms. The van der Waals surface area contributed by atoms with E-state index >= 15 is 0 Å². The van der Waals surface area contributed by atoms with E-state index in [1.165, 1.54) is 0 Å². The van der Waals surface area contributed by atoms with Crippen LogP contribution in [0.5, 0.6) is 0 Å². The topological polar surface area (TPSA) is 74.3 Å². The summed E-state index contributed by atoms with van der Waals surface area (Å²) in [5.74, 6) is 0.757. The van der Waals surface area contributed by atoms with Crippen molar-refractivity contribution < 1.29 is 9.59 Å². The van der Waals surface area contributed by atoms with Crippen molar-refractivity contribution in [2.75, 3.05) is 18.0 Å². The van der Waals surface area contributed by atoms with Gasteiger partial charge in [0.1, 0.15) is 11.9 Å². The fourth-order valence-corrected chi connectivity index (χ4v) is 2.38. The summed E-state index contributed by atoms with van der Waals surface area (Å²) in [7, 11) is 0. The molecule has 1 aliphatic rings. The standard InChI is InChI=1S/C15H22N4O2/c1-3-19(4-2)13-7-5-11(9-16-13)10-17-15(21)12-6-8-14(20)18-12/h5,7,9,12H,3-4,6,8,10H2,1-2H3,(H,17,21)(H,18,20)/t12-/m1/s1. The molecule has 6 nitrogen and oxygen atoms in total. The number of anilines is 1. The Bertz CT molecular complexity index is 497. The highest BCUT2D eigenvalue weighted by Crippen LogP contribution is 2.11. The second-order valence-corrected chi connectivity index (χ2v) is 5.07. The van der Waals surface area contributed by atoms with Gasteiger partial charge < -0.3 is 15.5 Å². The molecule has 0 aliphatic carbocycles. The summed E-state index contributed by atoms with van der Waals surface area (Å²) in [6, 6.07) is 3.54. The van der Waals surface area contributed by atoms with E-state index in [-0.39, 0.29) is 17.9 Å². The zero-order valence-corrected chi connectivity index (χ0v) is 12.6. The van der Waals surface area contributed by atoms with E-state index in [2.05, 4.69) is 34.4 Å². The largest absolute Gasteiger partial charge is 0.357 e. The Hall–Kier alpha value is -2.11. The van der Waals surface area contributed by atoms with Crippen molar-refractivity contribution in [3.05, 3.63) is 23.9 Å².